The van der Waals surface area contributed by atoms with E-state index in [-0.39, 0.29) is 17.1 Å². The minimum atomic E-state index is -1.02. The van der Waals surface area contributed by atoms with Crippen molar-refractivity contribution in [2.45, 2.75) is 32.5 Å². The summed E-state index contributed by atoms with van der Waals surface area (Å²) in [4.78, 5) is 33.6. The van der Waals surface area contributed by atoms with Gasteiger partial charge < -0.3 is 24.8 Å². The molecular weight excluding hydrogens is 384 g/mol. The van der Waals surface area contributed by atoms with Crippen molar-refractivity contribution < 1.29 is 24.2 Å². The average Bonchev–Trinajstić information content (AvgIpc) is 3.09. The molecule has 0 radical (unpaired) electrons. The van der Waals surface area contributed by atoms with Crippen molar-refractivity contribution >= 4 is 34.3 Å². The van der Waals surface area contributed by atoms with E-state index >= 15 is 0 Å². The molecule has 1 aliphatic heterocycles. The van der Waals surface area contributed by atoms with E-state index in [2.05, 4.69) is 15.3 Å². The predicted molar refractivity (Wildman–Crippen MR) is 103 cm³/mol. The average molecular weight is 406 g/mol. The van der Waals surface area contributed by atoms with Gasteiger partial charge in [0.1, 0.15) is 22.4 Å². The Kier molecular flexibility index (Phi) is 5.80. The van der Waals surface area contributed by atoms with Gasteiger partial charge >= 0.3 is 12.1 Å². The van der Waals surface area contributed by atoms with Gasteiger partial charge in [0.15, 0.2) is 5.13 Å². The molecule has 0 aromatic carbocycles. The third-order valence-electron chi connectivity index (χ3n) is 3.77. The van der Waals surface area contributed by atoms with Crippen LogP contribution in [0, 0.1) is 0 Å². The molecule has 0 bridgehead atoms. The number of ether oxygens (including phenoxy) is 2. The van der Waals surface area contributed by atoms with E-state index in [4.69, 9.17) is 14.6 Å². The molecule has 1 saturated heterocycles. The lowest BCUT2D eigenvalue weighted by atomic mass is 10.2. The highest BCUT2D eigenvalue weighted by Crippen LogP contribution is 2.25. The van der Waals surface area contributed by atoms with Crippen LogP contribution in [0.1, 0.15) is 42.2 Å². The van der Waals surface area contributed by atoms with Gasteiger partial charge in [-0.2, -0.15) is 0 Å². The van der Waals surface area contributed by atoms with Gasteiger partial charge in [-0.05, 0) is 32.9 Å². The zero-order chi connectivity index (χ0) is 20.3. The van der Waals surface area contributed by atoms with Gasteiger partial charge in [0, 0.05) is 6.54 Å². The smallest absolute Gasteiger partial charge is 0.410 e. The molecule has 2 aromatic heterocycles. The lowest BCUT2D eigenvalue weighted by Crippen LogP contribution is -2.44. The molecule has 3 rings (SSSR count). The topological polar surface area (TPSA) is 114 Å². The fourth-order valence-electron chi connectivity index (χ4n) is 2.56. The number of carbonyl (C=O) groups is 2. The van der Waals surface area contributed by atoms with Crippen molar-refractivity contribution in [2.24, 2.45) is 0 Å². The van der Waals surface area contributed by atoms with Gasteiger partial charge in [-0.1, -0.05) is 17.4 Å². The van der Waals surface area contributed by atoms with Crippen LogP contribution in [0.15, 0.2) is 24.4 Å². The SMILES string of the molecule is CC(C)(C)OC(=O)N1CCOC(c2cccc(Nc3ncc(C(=O)O)s3)n2)C1. The molecule has 1 unspecified atom stereocenters. The maximum Gasteiger partial charge on any atom is 0.410 e. The van der Waals surface area contributed by atoms with Crippen molar-refractivity contribution in [2.75, 3.05) is 25.0 Å². The number of pyridine rings is 1. The highest BCUT2D eigenvalue weighted by atomic mass is 32.1. The Hall–Kier alpha value is -2.72. The Morgan fingerprint density at radius 1 is 1.39 bits per heavy atom. The normalized spacial score (nSPS) is 17.2. The van der Waals surface area contributed by atoms with Crippen molar-refractivity contribution in [1.29, 1.82) is 0 Å². The number of aromatic nitrogens is 2. The number of carbonyl (C=O) groups excluding carboxylic acids is 1. The zero-order valence-corrected chi connectivity index (χ0v) is 16.7. The van der Waals surface area contributed by atoms with Gasteiger partial charge in [-0.3, -0.25) is 0 Å². The number of rotatable bonds is 4. The molecule has 0 spiro atoms. The van der Waals surface area contributed by atoms with E-state index < -0.39 is 11.6 Å². The second kappa shape index (κ2) is 8.11. The molecule has 9 nitrogen and oxygen atoms in total. The first-order valence-corrected chi connectivity index (χ1v) is 9.55. The summed E-state index contributed by atoms with van der Waals surface area (Å²) in [5, 5.41) is 12.4. The van der Waals surface area contributed by atoms with Gasteiger partial charge in [0.2, 0.25) is 0 Å². The predicted octanol–water partition coefficient (Wildman–Crippen LogP) is 3.29. The quantitative estimate of drug-likeness (QED) is 0.795. The highest BCUT2D eigenvalue weighted by molar-refractivity contribution is 7.17. The maximum atomic E-state index is 12.3. The Bertz CT molecular complexity index is 864. The van der Waals surface area contributed by atoms with Crippen LogP contribution in [0.2, 0.25) is 0 Å². The summed E-state index contributed by atoms with van der Waals surface area (Å²) in [6.07, 6.45) is 0.537. The zero-order valence-electron chi connectivity index (χ0n) is 15.8. The van der Waals surface area contributed by atoms with Gasteiger partial charge in [0.25, 0.3) is 0 Å². The summed E-state index contributed by atoms with van der Waals surface area (Å²) in [6.45, 7) is 6.67. The summed E-state index contributed by atoms with van der Waals surface area (Å²) in [6, 6.07) is 5.38. The number of morpholine rings is 1. The van der Waals surface area contributed by atoms with E-state index in [0.29, 0.717) is 36.3 Å². The number of nitrogens with zero attached hydrogens (tertiary/aromatic N) is 3. The molecule has 2 N–H and O–H groups in total. The van der Waals surface area contributed by atoms with E-state index in [1.165, 1.54) is 6.20 Å². The molecular formula is C18H22N4O5S. The fourth-order valence-corrected chi connectivity index (χ4v) is 3.22. The molecule has 0 saturated carbocycles. The van der Waals surface area contributed by atoms with Crippen LogP contribution >= 0.6 is 11.3 Å². The number of hydrogen-bond donors (Lipinski definition) is 2. The molecule has 3 heterocycles. The van der Waals surface area contributed by atoms with E-state index in [1.807, 2.05) is 32.9 Å². The first-order chi connectivity index (χ1) is 13.2. The van der Waals surface area contributed by atoms with Crippen LogP contribution in [0.5, 0.6) is 0 Å². The number of amides is 1. The minimum Gasteiger partial charge on any atom is -0.477 e. The monoisotopic (exact) mass is 406 g/mol. The Balaban J connectivity index is 1.68. The number of anilines is 2. The second-order valence-electron chi connectivity index (χ2n) is 7.19. The summed E-state index contributed by atoms with van der Waals surface area (Å²) < 4.78 is 11.2. The number of aromatic carboxylic acids is 1. The molecule has 2 aromatic rings. The fraction of sp³-hybridized carbons (Fsp3) is 0.444. The third kappa shape index (κ3) is 5.17. The van der Waals surface area contributed by atoms with Crippen LogP contribution in [0.25, 0.3) is 0 Å². The highest BCUT2D eigenvalue weighted by Gasteiger charge is 2.29. The lowest BCUT2D eigenvalue weighted by molar-refractivity contribution is -0.0446. The Labute approximate surface area is 166 Å². The van der Waals surface area contributed by atoms with Crippen LogP contribution < -0.4 is 5.32 Å². The van der Waals surface area contributed by atoms with Crippen LogP contribution in [-0.2, 0) is 9.47 Å². The number of nitrogens with one attached hydrogen (secondary N) is 1. The van der Waals surface area contributed by atoms with Gasteiger partial charge in [0.05, 0.1) is 25.0 Å². The van der Waals surface area contributed by atoms with Crippen molar-refractivity contribution in [3.8, 4) is 0 Å². The molecule has 1 aliphatic rings. The summed E-state index contributed by atoms with van der Waals surface area (Å²) >= 11 is 1.02. The van der Waals surface area contributed by atoms with Crippen molar-refractivity contribution in [3.05, 3.63) is 35.0 Å². The second-order valence-corrected chi connectivity index (χ2v) is 8.22. The standard InChI is InChI=1S/C18H22N4O5S/c1-18(2,3)27-17(25)22-7-8-26-12(10-22)11-5-4-6-14(20-11)21-16-19-9-13(28-16)15(23)24/h4-6,9,12H,7-8,10H2,1-3H3,(H,23,24)(H,19,20,21). The molecule has 1 fully saturated rings. The summed E-state index contributed by atoms with van der Waals surface area (Å²) in [5.41, 5.74) is 0.100. The molecule has 0 aliphatic carbocycles. The minimum absolute atomic E-state index is 0.141. The molecule has 1 atom stereocenters. The number of carboxylic acid groups (broad SMARTS) is 1. The van der Waals surface area contributed by atoms with Crippen molar-refractivity contribution in [1.82, 2.24) is 14.9 Å². The number of carboxylic acids is 1. The molecule has 10 heteroatoms. The van der Waals surface area contributed by atoms with Crippen LogP contribution in [0.3, 0.4) is 0 Å². The maximum absolute atomic E-state index is 12.3. The molecule has 1 amide bonds. The Morgan fingerprint density at radius 2 is 2.18 bits per heavy atom. The first-order valence-electron chi connectivity index (χ1n) is 8.74. The number of hydrogen-bond acceptors (Lipinski definition) is 8. The largest absolute Gasteiger partial charge is 0.477 e. The third-order valence-corrected chi connectivity index (χ3v) is 4.67. The van der Waals surface area contributed by atoms with Gasteiger partial charge in [-0.15, -0.1) is 0 Å². The van der Waals surface area contributed by atoms with Gasteiger partial charge in [-0.25, -0.2) is 19.6 Å². The van der Waals surface area contributed by atoms with Crippen LogP contribution in [-0.4, -0.2) is 57.3 Å². The summed E-state index contributed by atoms with van der Waals surface area (Å²) in [5.74, 6) is -0.508. The van der Waals surface area contributed by atoms with E-state index in [0.717, 1.165) is 11.3 Å². The Morgan fingerprint density at radius 3 is 2.86 bits per heavy atom. The first kappa shape index (κ1) is 20.0. The lowest BCUT2D eigenvalue weighted by Gasteiger charge is -2.34. The molecule has 150 valence electrons. The van der Waals surface area contributed by atoms with E-state index in [1.54, 1.807) is 11.0 Å². The van der Waals surface area contributed by atoms with Crippen LogP contribution in [0.4, 0.5) is 15.7 Å². The van der Waals surface area contributed by atoms with E-state index in [9.17, 15) is 9.59 Å². The number of thiazole rings is 1. The summed E-state index contributed by atoms with van der Waals surface area (Å²) in [7, 11) is 0. The molecule has 28 heavy (non-hydrogen) atoms. The van der Waals surface area contributed by atoms with Crippen molar-refractivity contribution in [3.63, 3.8) is 0 Å².